The van der Waals surface area contributed by atoms with E-state index in [2.05, 4.69) is 15.1 Å². The van der Waals surface area contributed by atoms with Gasteiger partial charge in [-0.25, -0.2) is 4.79 Å². The van der Waals surface area contributed by atoms with Gasteiger partial charge in [0.2, 0.25) is 5.82 Å². The van der Waals surface area contributed by atoms with E-state index in [-0.39, 0.29) is 11.5 Å². The molecular weight excluding hydrogens is 322 g/mol. The summed E-state index contributed by atoms with van der Waals surface area (Å²) in [5.74, 6) is 0.996. The molecule has 0 aliphatic rings. The molecule has 25 heavy (non-hydrogen) atoms. The third kappa shape index (κ3) is 2.76. The van der Waals surface area contributed by atoms with Crippen LogP contribution >= 0.6 is 0 Å². The molecular formula is C18H13N3O4. The van der Waals surface area contributed by atoms with Crippen LogP contribution in [-0.4, -0.2) is 21.7 Å². The summed E-state index contributed by atoms with van der Waals surface area (Å²) in [6.45, 7) is 2.34. The molecule has 7 nitrogen and oxygen atoms in total. The fourth-order valence-corrected chi connectivity index (χ4v) is 2.49. The SMILES string of the molecule is CCOc1cccc2cc(-c3nc(-c4ccncc4)no3)c(=O)oc12. The molecule has 0 saturated heterocycles. The van der Waals surface area contributed by atoms with Crippen molar-refractivity contribution in [1.29, 1.82) is 0 Å². The first-order chi connectivity index (χ1) is 12.3. The van der Waals surface area contributed by atoms with Crippen LogP contribution in [0.1, 0.15) is 6.92 Å². The van der Waals surface area contributed by atoms with E-state index in [1.165, 1.54) is 0 Å². The Kier molecular flexibility index (Phi) is 3.74. The van der Waals surface area contributed by atoms with Crippen molar-refractivity contribution in [3.05, 3.63) is 59.2 Å². The van der Waals surface area contributed by atoms with E-state index < -0.39 is 5.63 Å². The van der Waals surface area contributed by atoms with Gasteiger partial charge in [-0.2, -0.15) is 4.98 Å². The molecule has 1 aromatic carbocycles. The van der Waals surface area contributed by atoms with Crippen molar-refractivity contribution >= 4 is 11.0 Å². The molecule has 0 radical (unpaired) electrons. The first-order valence-electron chi connectivity index (χ1n) is 7.70. The van der Waals surface area contributed by atoms with E-state index in [9.17, 15) is 4.79 Å². The van der Waals surface area contributed by atoms with Gasteiger partial charge in [0, 0.05) is 23.3 Å². The molecule has 124 valence electrons. The number of pyridine rings is 1. The van der Waals surface area contributed by atoms with Crippen molar-refractivity contribution in [1.82, 2.24) is 15.1 Å². The summed E-state index contributed by atoms with van der Waals surface area (Å²) >= 11 is 0. The molecule has 4 aromatic rings. The molecule has 0 aliphatic carbocycles. The first-order valence-corrected chi connectivity index (χ1v) is 7.70. The fourth-order valence-electron chi connectivity index (χ4n) is 2.49. The van der Waals surface area contributed by atoms with Crippen molar-refractivity contribution in [2.45, 2.75) is 6.92 Å². The average Bonchev–Trinajstić information content (AvgIpc) is 3.13. The third-order valence-corrected chi connectivity index (χ3v) is 3.62. The summed E-state index contributed by atoms with van der Waals surface area (Å²) < 4.78 is 16.2. The monoisotopic (exact) mass is 335 g/mol. The van der Waals surface area contributed by atoms with E-state index in [0.29, 0.717) is 29.2 Å². The second-order valence-corrected chi connectivity index (χ2v) is 5.21. The highest BCUT2D eigenvalue weighted by Crippen LogP contribution is 2.28. The summed E-state index contributed by atoms with van der Waals surface area (Å²) in [5.41, 5.74) is 0.777. The van der Waals surface area contributed by atoms with Gasteiger partial charge < -0.3 is 13.7 Å². The van der Waals surface area contributed by atoms with Crippen LogP contribution in [0.4, 0.5) is 0 Å². The van der Waals surface area contributed by atoms with Gasteiger partial charge in [-0.3, -0.25) is 4.98 Å². The predicted molar refractivity (Wildman–Crippen MR) is 90.2 cm³/mol. The van der Waals surface area contributed by atoms with Crippen molar-refractivity contribution in [3.8, 4) is 28.6 Å². The van der Waals surface area contributed by atoms with Crippen LogP contribution in [0.25, 0.3) is 33.8 Å². The van der Waals surface area contributed by atoms with Crippen molar-refractivity contribution in [2.75, 3.05) is 6.61 Å². The number of hydrogen-bond acceptors (Lipinski definition) is 7. The Bertz CT molecular complexity index is 1090. The summed E-state index contributed by atoms with van der Waals surface area (Å²) in [4.78, 5) is 20.6. The Morgan fingerprint density at radius 2 is 2.00 bits per heavy atom. The van der Waals surface area contributed by atoms with Gasteiger partial charge in [0.25, 0.3) is 5.89 Å². The molecule has 0 bridgehead atoms. The molecule has 3 aromatic heterocycles. The zero-order valence-electron chi connectivity index (χ0n) is 13.3. The van der Waals surface area contributed by atoms with Gasteiger partial charge in [0.1, 0.15) is 5.56 Å². The van der Waals surface area contributed by atoms with Gasteiger partial charge in [-0.05, 0) is 31.2 Å². The normalized spacial score (nSPS) is 10.9. The van der Waals surface area contributed by atoms with Crippen molar-refractivity contribution in [2.24, 2.45) is 0 Å². The van der Waals surface area contributed by atoms with Crippen LogP contribution in [0, 0.1) is 0 Å². The fraction of sp³-hybridized carbons (Fsp3) is 0.111. The number of aromatic nitrogens is 3. The summed E-state index contributed by atoms with van der Waals surface area (Å²) in [5, 5.41) is 4.62. The average molecular weight is 335 g/mol. The zero-order valence-corrected chi connectivity index (χ0v) is 13.3. The Morgan fingerprint density at radius 1 is 1.16 bits per heavy atom. The van der Waals surface area contributed by atoms with E-state index in [1.807, 2.05) is 19.1 Å². The number of rotatable bonds is 4. The minimum Gasteiger partial charge on any atom is -0.490 e. The largest absolute Gasteiger partial charge is 0.490 e. The zero-order chi connectivity index (χ0) is 17.2. The highest BCUT2D eigenvalue weighted by molar-refractivity contribution is 5.85. The molecule has 0 amide bonds. The van der Waals surface area contributed by atoms with Gasteiger partial charge in [0.15, 0.2) is 11.3 Å². The van der Waals surface area contributed by atoms with Crippen LogP contribution in [0.15, 0.2) is 62.5 Å². The molecule has 0 fully saturated rings. The van der Waals surface area contributed by atoms with Crippen LogP contribution in [0.3, 0.4) is 0 Å². The summed E-state index contributed by atoms with van der Waals surface area (Å²) in [6, 6.07) is 10.6. The Hall–Kier alpha value is -3.48. The Morgan fingerprint density at radius 3 is 2.80 bits per heavy atom. The first kappa shape index (κ1) is 15.1. The lowest BCUT2D eigenvalue weighted by Crippen LogP contribution is -2.04. The smallest absolute Gasteiger partial charge is 0.349 e. The maximum atomic E-state index is 12.4. The Labute approximate surface area is 141 Å². The number of para-hydroxylation sites is 1. The van der Waals surface area contributed by atoms with Crippen LogP contribution < -0.4 is 10.4 Å². The predicted octanol–water partition coefficient (Wildman–Crippen LogP) is 3.30. The Balaban J connectivity index is 1.81. The molecule has 3 heterocycles. The van der Waals surface area contributed by atoms with Crippen LogP contribution in [0.5, 0.6) is 5.75 Å². The third-order valence-electron chi connectivity index (χ3n) is 3.62. The maximum Gasteiger partial charge on any atom is 0.349 e. The molecule has 0 N–H and O–H groups in total. The molecule has 0 spiro atoms. The van der Waals surface area contributed by atoms with Crippen molar-refractivity contribution < 1.29 is 13.7 Å². The van der Waals surface area contributed by atoms with E-state index in [0.717, 1.165) is 5.56 Å². The number of nitrogens with zero attached hydrogens (tertiary/aromatic N) is 3. The lowest BCUT2D eigenvalue weighted by molar-refractivity contribution is 0.337. The van der Waals surface area contributed by atoms with Gasteiger partial charge in [-0.15, -0.1) is 0 Å². The number of fused-ring (bicyclic) bond motifs is 1. The second-order valence-electron chi connectivity index (χ2n) is 5.21. The second kappa shape index (κ2) is 6.20. The highest BCUT2D eigenvalue weighted by atomic mass is 16.5. The number of benzene rings is 1. The van der Waals surface area contributed by atoms with E-state index >= 15 is 0 Å². The lowest BCUT2D eigenvalue weighted by atomic mass is 10.1. The number of ether oxygens (including phenoxy) is 1. The van der Waals surface area contributed by atoms with Crippen molar-refractivity contribution in [3.63, 3.8) is 0 Å². The number of hydrogen-bond donors (Lipinski definition) is 0. The highest BCUT2D eigenvalue weighted by Gasteiger charge is 2.17. The molecule has 0 unspecified atom stereocenters. The molecule has 0 aliphatic heterocycles. The van der Waals surface area contributed by atoms with Gasteiger partial charge >= 0.3 is 5.63 Å². The van der Waals surface area contributed by atoms with Crippen LogP contribution in [-0.2, 0) is 0 Å². The van der Waals surface area contributed by atoms with E-state index in [1.54, 1.807) is 36.7 Å². The molecule has 0 saturated carbocycles. The van der Waals surface area contributed by atoms with Gasteiger partial charge in [-0.1, -0.05) is 17.3 Å². The maximum absolute atomic E-state index is 12.4. The molecule has 7 heteroatoms. The van der Waals surface area contributed by atoms with Crippen LogP contribution in [0.2, 0.25) is 0 Å². The minimum absolute atomic E-state index is 0.101. The molecule has 0 atom stereocenters. The van der Waals surface area contributed by atoms with Gasteiger partial charge in [0.05, 0.1) is 6.61 Å². The summed E-state index contributed by atoms with van der Waals surface area (Å²) in [6.07, 6.45) is 3.26. The minimum atomic E-state index is -0.565. The molecule has 4 rings (SSSR count). The lowest BCUT2D eigenvalue weighted by Gasteiger charge is -2.05. The topological polar surface area (TPSA) is 91.3 Å². The standard InChI is InChI=1S/C18H13N3O4/c1-2-23-14-5-3-4-12-10-13(18(22)24-15(12)14)17-20-16(21-25-17)11-6-8-19-9-7-11/h3-10H,2H2,1H3. The summed E-state index contributed by atoms with van der Waals surface area (Å²) in [7, 11) is 0. The van der Waals surface area contributed by atoms with E-state index in [4.69, 9.17) is 13.7 Å². The quantitative estimate of drug-likeness (QED) is 0.528.